The topological polar surface area (TPSA) is 34.1 Å². The third kappa shape index (κ3) is 2.24. The third-order valence-corrected chi connectivity index (χ3v) is 4.71. The number of pyridine rings is 1. The van der Waals surface area contributed by atoms with Crippen LogP contribution in [-0.2, 0) is 6.42 Å². The zero-order valence-electron chi connectivity index (χ0n) is 12.6. The molecule has 0 amide bonds. The molecule has 1 aliphatic heterocycles. The Kier molecular flexibility index (Phi) is 3.47. The molecule has 0 bridgehead atoms. The van der Waals surface area contributed by atoms with E-state index in [9.17, 15) is 0 Å². The first-order valence-electron chi connectivity index (χ1n) is 7.71. The van der Waals surface area contributed by atoms with Crippen LogP contribution in [0.4, 0.5) is 5.69 Å². The first-order valence-corrected chi connectivity index (χ1v) is 8.66. The maximum absolute atomic E-state index is 5.94. The van der Waals surface area contributed by atoms with Gasteiger partial charge < -0.3 is 10.1 Å². The Morgan fingerprint density at radius 1 is 1.32 bits per heavy atom. The van der Waals surface area contributed by atoms with Gasteiger partial charge in [0.05, 0.1) is 6.61 Å². The minimum absolute atomic E-state index is 0.731. The van der Waals surface area contributed by atoms with Crippen LogP contribution in [0.3, 0.4) is 0 Å². The van der Waals surface area contributed by atoms with Gasteiger partial charge in [0.25, 0.3) is 0 Å². The van der Waals surface area contributed by atoms with Gasteiger partial charge in [0, 0.05) is 29.4 Å². The van der Waals surface area contributed by atoms with E-state index in [1.54, 1.807) is 11.3 Å². The zero-order valence-corrected chi connectivity index (χ0v) is 13.4. The predicted molar refractivity (Wildman–Crippen MR) is 93.0 cm³/mol. The van der Waals surface area contributed by atoms with Crippen LogP contribution in [0.25, 0.3) is 22.0 Å². The summed E-state index contributed by atoms with van der Waals surface area (Å²) in [4.78, 5) is 4.71. The fourth-order valence-corrected chi connectivity index (χ4v) is 3.63. The maximum atomic E-state index is 5.94. The number of nitrogens with one attached hydrogen (secondary N) is 1. The molecule has 1 aromatic carbocycles. The summed E-state index contributed by atoms with van der Waals surface area (Å²) in [5.41, 5.74) is 5.91. The SMILES string of the molecule is CCCOc1cc2c(c3cc(-c4ccsc4)cnc13)NCC2. The Morgan fingerprint density at radius 3 is 3.09 bits per heavy atom. The molecule has 0 fully saturated rings. The van der Waals surface area contributed by atoms with Crippen molar-refractivity contribution in [1.29, 1.82) is 0 Å². The molecular formula is C18H18N2OS. The highest BCUT2D eigenvalue weighted by molar-refractivity contribution is 7.08. The van der Waals surface area contributed by atoms with Crippen molar-refractivity contribution < 1.29 is 4.74 Å². The minimum atomic E-state index is 0.731. The maximum Gasteiger partial charge on any atom is 0.145 e. The van der Waals surface area contributed by atoms with Gasteiger partial charge in [-0.15, -0.1) is 0 Å². The van der Waals surface area contributed by atoms with Crippen molar-refractivity contribution >= 4 is 27.9 Å². The van der Waals surface area contributed by atoms with Crippen molar-refractivity contribution in [2.75, 3.05) is 18.5 Å². The number of nitrogens with zero attached hydrogens (tertiary/aromatic N) is 1. The largest absolute Gasteiger partial charge is 0.491 e. The lowest BCUT2D eigenvalue weighted by Gasteiger charge is -2.13. The van der Waals surface area contributed by atoms with Crippen LogP contribution in [0.2, 0.25) is 0 Å². The lowest BCUT2D eigenvalue weighted by Crippen LogP contribution is -1.99. The number of fused-ring (bicyclic) bond motifs is 3. The molecule has 0 saturated heterocycles. The van der Waals surface area contributed by atoms with Gasteiger partial charge in [-0.1, -0.05) is 6.92 Å². The average molecular weight is 310 g/mol. The van der Waals surface area contributed by atoms with Gasteiger partial charge in [0.15, 0.2) is 0 Å². The molecule has 0 unspecified atom stereocenters. The fourth-order valence-electron chi connectivity index (χ4n) is 2.96. The highest BCUT2D eigenvalue weighted by Gasteiger charge is 2.18. The van der Waals surface area contributed by atoms with Gasteiger partial charge in [-0.05, 0) is 52.9 Å². The fraction of sp³-hybridized carbons (Fsp3) is 0.278. The molecule has 4 heteroatoms. The average Bonchev–Trinajstić information content (AvgIpc) is 3.23. The highest BCUT2D eigenvalue weighted by atomic mass is 32.1. The predicted octanol–water partition coefficient (Wildman–Crippen LogP) is 4.72. The van der Waals surface area contributed by atoms with Crippen LogP contribution in [0, 0.1) is 0 Å². The molecule has 0 aliphatic carbocycles. The second-order valence-corrected chi connectivity index (χ2v) is 6.35. The molecule has 3 nitrogen and oxygen atoms in total. The Hall–Kier alpha value is -2.07. The zero-order chi connectivity index (χ0) is 14.9. The van der Waals surface area contributed by atoms with Gasteiger partial charge in [-0.3, -0.25) is 4.98 Å². The van der Waals surface area contributed by atoms with Gasteiger partial charge >= 0.3 is 0 Å². The Labute approximate surface area is 134 Å². The van der Waals surface area contributed by atoms with Crippen LogP contribution in [-0.4, -0.2) is 18.1 Å². The molecular weight excluding hydrogens is 292 g/mol. The molecule has 3 aromatic rings. The Bertz CT molecular complexity index is 812. The molecule has 4 rings (SSSR count). The van der Waals surface area contributed by atoms with E-state index in [2.05, 4.69) is 41.2 Å². The molecule has 3 heterocycles. The van der Waals surface area contributed by atoms with E-state index in [1.165, 1.54) is 22.2 Å². The van der Waals surface area contributed by atoms with E-state index < -0.39 is 0 Å². The van der Waals surface area contributed by atoms with Crippen molar-refractivity contribution in [2.45, 2.75) is 19.8 Å². The second kappa shape index (κ2) is 5.61. The molecule has 0 spiro atoms. The number of benzene rings is 1. The Balaban J connectivity index is 1.91. The van der Waals surface area contributed by atoms with E-state index in [0.29, 0.717) is 0 Å². The smallest absolute Gasteiger partial charge is 0.145 e. The molecule has 1 N–H and O–H groups in total. The lowest BCUT2D eigenvalue weighted by molar-refractivity contribution is 0.320. The minimum Gasteiger partial charge on any atom is -0.491 e. The van der Waals surface area contributed by atoms with Gasteiger partial charge in [0.2, 0.25) is 0 Å². The summed E-state index contributed by atoms with van der Waals surface area (Å²) in [5.74, 6) is 0.913. The molecule has 112 valence electrons. The number of hydrogen-bond donors (Lipinski definition) is 1. The molecule has 1 aliphatic rings. The second-order valence-electron chi connectivity index (χ2n) is 5.57. The number of anilines is 1. The standard InChI is InChI=1S/C18H18N2OS/c1-2-6-21-16-9-12-3-5-19-17(12)15-8-14(10-20-18(15)16)13-4-7-22-11-13/h4,7-11,19H,2-3,5-6H2,1H3. The van der Waals surface area contributed by atoms with E-state index in [0.717, 1.165) is 42.8 Å². The van der Waals surface area contributed by atoms with Crippen molar-refractivity contribution in [2.24, 2.45) is 0 Å². The monoisotopic (exact) mass is 310 g/mol. The lowest BCUT2D eigenvalue weighted by atomic mass is 10.0. The van der Waals surface area contributed by atoms with Crippen LogP contribution in [0.5, 0.6) is 5.75 Å². The molecule has 0 radical (unpaired) electrons. The normalized spacial score (nSPS) is 13.1. The number of hydrogen-bond acceptors (Lipinski definition) is 4. The summed E-state index contributed by atoms with van der Waals surface area (Å²) < 4.78 is 5.94. The number of thiophene rings is 1. The first kappa shape index (κ1) is 13.6. The third-order valence-electron chi connectivity index (χ3n) is 4.03. The van der Waals surface area contributed by atoms with E-state index in [4.69, 9.17) is 9.72 Å². The summed E-state index contributed by atoms with van der Waals surface area (Å²) in [7, 11) is 0. The summed E-state index contributed by atoms with van der Waals surface area (Å²) in [6.45, 7) is 3.85. The quantitative estimate of drug-likeness (QED) is 0.757. The van der Waals surface area contributed by atoms with E-state index >= 15 is 0 Å². The van der Waals surface area contributed by atoms with Crippen molar-refractivity contribution in [3.8, 4) is 16.9 Å². The number of ether oxygens (including phenoxy) is 1. The summed E-state index contributed by atoms with van der Waals surface area (Å²) >= 11 is 1.71. The summed E-state index contributed by atoms with van der Waals surface area (Å²) in [6, 6.07) is 6.53. The number of aromatic nitrogens is 1. The molecule has 22 heavy (non-hydrogen) atoms. The van der Waals surface area contributed by atoms with Crippen molar-refractivity contribution in [3.05, 3.63) is 40.7 Å². The van der Waals surface area contributed by atoms with Gasteiger partial charge in [-0.2, -0.15) is 11.3 Å². The highest BCUT2D eigenvalue weighted by Crippen LogP contribution is 2.38. The molecule has 0 atom stereocenters. The van der Waals surface area contributed by atoms with Gasteiger partial charge in [-0.25, -0.2) is 0 Å². The van der Waals surface area contributed by atoms with Crippen LogP contribution in [0.15, 0.2) is 35.2 Å². The molecule has 2 aromatic heterocycles. The van der Waals surface area contributed by atoms with Crippen LogP contribution in [0.1, 0.15) is 18.9 Å². The van der Waals surface area contributed by atoms with Crippen LogP contribution < -0.4 is 10.1 Å². The summed E-state index contributed by atoms with van der Waals surface area (Å²) in [6.07, 6.45) is 4.00. The van der Waals surface area contributed by atoms with E-state index in [1.807, 2.05) is 6.20 Å². The van der Waals surface area contributed by atoms with E-state index in [-0.39, 0.29) is 0 Å². The van der Waals surface area contributed by atoms with Crippen molar-refractivity contribution in [1.82, 2.24) is 4.98 Å². The number of rotatable bonds is 4. The Morgan fingerprint density at radius 2 is 2.27 bits per heavy atom. The van der Waals surface area contributed by atoms with Crippen molar-refractivity contribution in [3.63, 3.8) is 0 Å². The molecule has 0 saturated carbocycles. The first-order chi connectivity index (χ1) is 10.9. The van der Waals surface area contributed by atoms with Gasteiger partial charge in [0.1, 0.15) is 11.3 Å². The van der Waals surface area contributed by atoms with Crippen LogP contribution >= 0.6 is 11.3 Å². The summed E-state index contributed by atoms with van der Waals surface area (Å²) in [5, 5.41) is 8.94.